The zero-order chi connectivity index (χ0) is 20.6. The van der Waals surface area contributed by atoms with Crippen molar-refractivity contribution in [1.82, 2.24) is 10.6 Å². The van der Waals surface area contributed by atoms with Gasteiger partial charge in [-0.1, -0.05) is 29.8 Å². The van der Waals surface area contributed by atoms with Crippen molar-refractivity contribution in [3.63, 3.8) is 0 Å². The summed E-state index contributed by atoms with van der Waals surface area (Å²) in [4.78, 5) is 4.24. The molecular formula is C23H27FN4O. The molecule has 2 unspecified atom stereocenters. The molecule has 2 aromatic rings. The van der Waals surface area contributed by atoms with E-state index in [2.05, 4.69) is 46.8 Å². The zero-order valence-electron chi connectivity index (χ0n) is 16.9. The van der Waals surface area contributed by atoms with Crippen LogP contribution < -0.4 is 10.6 Å². The molecule has 0 aliphatic carbocycles. The van der Waals surface area contributed by atoms with Gasteiger partial charge in [0, 0.05) is 38.2 Å². The third-order valence-electron chi connectivity index (χ3n) is 5.23. The summed E-state index contributed by atoms with van der Waals surface area (Å²) in [7, 11) is 1.69. The van der Waals surface area contributed by atoms with Crippen LogP contribution in [-0.4, -0.2) is 26.2 Å². The number of hydrogen-bond donors (Lipinski definition) is 2. The first-order valence-corrected chi connectivity index (χ1v) is 9.92. The molecule has 0 bridgehead atoms. The molecule has 1 heterocycles. The van der Waals surface area contributed by atoms with Crippen LogP contribution in [0.15, 0.2) is 47.5 Å². The number of nitrogens with zero attached hydrogens (tertiary/aromatic N) is 2. The quantitative estimate of drug-likeness (QED) is 0.597. The highest BCUT2D eigenvalue weighted by Gasteiger charge is 2.27. The number of benzene rings is 2. The first-order chi connectivity index (χ1) is 14.1. The van der Waals surface area contributed by atoms with Crippen LogP contribution in [0.25, 0.3) is 0 Å². The van der Waals surface area contributed by atoms with Crippen molar-refractivity contribution in [3.8, 4) is 6.07 Å². The monoisotopic (exact) mass is 394 g/mol. The van der Waals surface area contributed by atoms with Gasteiger partial charge in [0.25, 0.3) is 0 Å². The summed E-state index contributed by atoms with van der Waals surface area (Å²) in [5.41, 5.74) is 3.30. The molecule has 152 valence electrons. The van der Waals surface area contributed by atoms with E-state index in [0.717, 1.165) is 19.4 Å². The van der Waals surface area contributed by atoms with Crippen LogP contribution in [0.5, 0.6) is 0 Å². The predicted molar refractivity (Wildman–Crippen MR) is 112 cm³/mol. The van der Waals surface area contributed by atoms with E-state index in [1.54, 1.807) is 13.1 Å². The zero-order valence-corrected chi connectivity index (χ0v) is 16.9. The number of halogens is 1. The summed E-state index contributed by atoms with van der Waals surface area (Å²) in [6.07, 6.45) is 2.16. The Kier molecular flexibility index (Phi) is 7.20. The molecule has 6 heteroatoms. The van der Waals surface area contributed by atoms with Gasteiger partial charge in [-0.2, -0.15) is 5.26 Å². The number of ether oxygens (including phenoxy) is 1. The van der Waals surface area contributed by atoms with Gasteiger partial charge in [-0.25, -0.2) is 4.39 Å². The van der Waals surface area contributed by atoms with Crippen LogP contribution in [0.3, 0.4) is 0 Å². The van der Waals surface area contributed by atoms with Gasteiger partial charge in [-0.3, -0.25) is 4.99 Å². The van der Waals surface area contributed by atoms with Crippen molar-refractivity contribution in [1.29, 1.82) is 5.26 Å². The molecule has 1 aliphatic rings. The van der Waals surface area contributed by atoms with Crippen LogP contribution in [0.1, 0.15) is 41.2 Å². The lowest BCUT2D eigenvalue weighted by molar-refractivity contribution is -0.0265. The van der Waals surface area contributed by atoms with E-state index in [4.69, 9.17) is 10.00 Å². The number of hydrogen-bond acceptors (Lipinski definition) is 3. The molecule has 2 aromatic carbocycles. The van der Waals surface area contributed by atoms with E-state index in [9.17, 15) is 4.39 Å². The Hall–Kier alpha value is -2.91. The summed E-state index contributed by atoms with van der Waals surface area (Å²) >= 11 is 0. The van der Waals surface area contributed by atoms with Crippen molar-refractivity contribution in [3.05, 3.63) is 70.5 Å². The third-order valence-corrected chi connectivity index (χ3v) is 5.23. The molecular weight excluding hydrogens is 367 g/mol. The molecule has 1 aliphatic heterocycles. The minimum Gasteiger partial charge on any atom is -0.373 e. The molecule has 0 aromatic heterocycles. The van der Waals surface area contributed by atoms with Gasteiger partial charge in [0.05, 0.1) is 17.7 Å². The highest BCUT2D eigenvalue weighted by molar-refractivity contribution is 5.79. The molecule has 0 saturated carbocycles. The van der Waals surface area contributed by atoms with E-state index < -0.39 is 0 Å². The second kappa shape index (κ2) is 10.0. The van der Waals surface area contributed by atoms with Gasteiger partial charge in [-0.05, 0) is 43.5 Å². The third kappa shape index (κ3) is 5.55. The number of guanidine groups is 1. The standard InChI is InChI=1S/C23H27FN4O/c1-16-5-8-18(9-6-16)22-19(4-3-11-29-22)14-27-23(26-2)28-15-20-12-17(13-25)7-10-21(20)24/h5-10,12,19,22H,3-4,11,14-15H2,1-2H3,(H2,26,27,28). The van der Waals surface area contributed by atoms with Crippen molar-refractivity contribution in [2.45, 2.75) is 32.4 Å². The predicted octanol–water partition coefficient (Wildman–Crippen LogP) is 3.84. The van der Waals surface area contributed by atoms with Crippen LogP contribution >= 0.6 is 0 Å². The minimum absolute atomic E-state index is 0.0553. The summed E-state index contributed by atoms with van der Waals surface area (Å²) in [5.74, 6) is 0.579. The average Bonchev–Trinajstić information content (AvgIpc) is 2.76. The van der Waals surface area contributed by atoms with Crippen LogP contribution in [0.4, 0.5) is 4.39 Å². The Labute approximate surface area is 171 Å². The fraction of sp³-hybridized carbons (Fsp3) is 0.391. The lowest BCUT2D eigenvalue weighted by atomic mass is 9.89. The van der Waals surface area contributed by atoms with Crippen LogP contribution in [-0.2, 0) is 11.3 Å². The maximum atomic E-state index is 14.0. The molecule has 3 rings (SSSR count). The fourth-order valence-corrected chi connectivity index (χ4v) is 3.58. The SMILES string of the molecule is CN=C(NCc1cc(C#N)ccc1F)NCC1CCCOC1c1ccc(C)cc1. The average molecular weight is 394 g/mol. The maximum absolute atomic E-state index is 14.0. The molecule has 5 nitrogen and oxygen atoms in total. The fourth-order valence-electron chi connectivity index (χ4n) is 3.58. The lowest BCUT2D eigenvalue weighted by Crippen LogP contribution is -2.41. The van der Waals surface area contributed by atoms with Crippen LogP contribution in [0.2, 0.25) is 0 Å². The summed E-state index contributed by atoms with van der Waals surface area (Å²) in [6, 6.07) is 14.9. The van der Waals surface area contributed by atoms with Gasteiger partial charge in [0.15, 0.2) is 5.96 Å². The molecule has 2 atom stereocenters. The number of aryl methyl sites for hydroxylation is 1. The normalized spacial score (nSPS) is 19.4. The number of rotatable bonds is 5. The second-order valence-corrected chi connectivity index (χ2v) is 7.33. The van der Waals surface area contributed by atoms with E-state index in [0.29, 0.717) is 29.5 Å². The Balaban J connectivity index is 1.59. The maximum Gasteiger partial charge on any atom is 0.191 e. The molecule has 2 N–H and O–H groups in total. The smallest absolute Gasteiger partial charge is 0.191 e. The number of nitrogens with one attached hydrogen (secondary N) is 2. The Morgan fingerprint density at radius 1 is 1.24 bits per heavy atom. The van der Waals surface area contributed by atoms with Gasteiger partial charge in [0.2, 0.25) is 0 Å². The molecule has 0 amide bonds. The number of aliphatic imine (C=N–C) groups is 1. The van der Waals surface area contributed by atoms with Gasteiger partial charge in [-0.15, -0.1) is 0 Å². The second-order valence-electron chi connectivity index (χ2n) is 7.33. The van der Waals surface area contributed by atoms with Gasteiger partial charge < -0.3 is 15.4 Å². The molecule has 29 heavy (non-hydrogen) atoms. The Morgan fingerprint density at radius 3 is 2.76 bits per heavy atom. The van der Waals surface area contributed by atoms with E-state index >= 15 is 0 Å². The molecule has 1 fully saturated rings. The van der Waals surface area contributed by atoms with Gasteiger partial charge in [0.1, 0.15) is 5.82 Å². The van der Waals surface area contributed by atoms with Crippen molar-refractivity contribution < 1.29 is 9.13 Å². The number of nitriles is 1. The summed E-state index contributed by atoms with van der Waals surface area (Å²) in [5, 5.41) is 15.5. The largest absolute Gasteiger partial charge is 0.373 e. The highest BCUT2D eigenvalue weighted by atomic mass is 19.1. The van der Waals surface area contributed by atoms with E-state index in [1.165, 1.54) is 23.3 Å². The molecule has 0 radical (unpaired) electrons. The van der Waals surface area contributed by atoms with Crippen LogP contribution in [0, 0.1) is 30.0 Å². The molecule has 0 spiro atoms. The Morgan fingerprint density at radius 2 is 2.03 bits per heavy atom. The first-order valence-electron chi connectivity index (χ1n) is 9.92. The van der Waals surface area contributed by atoms with Crippen molar-refractivity contribution in [2.75, 3.05) is 20.2 Å². The minimum atomic E-state index is -0.341. The highest BCUT2D eigenvalue weighted by Crippen LogP contribution is 2.33. The lowest BCUT2D eigenvalue weighted by Gasteiger charge is -2.32. The van der Waals surface area contributed by atoms with Gasteiger partial charge >= 0.3 is 0 Å². The van der Waals surface area contributed by atoms with Crippen molar-refractivity contribution >= 4 is 5.96 Å². The first kappa shape index (κ1) is 20.8. The molecule has 1 saturated heterocycles. The summed E-state index contributed by atoms with van der Waals surface area (Å²) < 4.78 is 20.1. The van der Waals surface area contributed by atoms with E-state index in [1.807, 2.05) is 6.07 Å². The van der Waals surface area contributed by atoms with Crippen molar-refractivity contribution in [2.24, 2.45) is 10.9 Å². The van der Waals surface area contributed by atoms with E-state index in [-0.39, 0.29) is 18.5 Å². The topological polar surface area (TPSA) is 69.4 Å². The summed E-state index contributed by atoms with van der Waals surface area (Å²) in [6.45, 7) is 3.81. The Bertz CT molecular complexity index is 889.